The fourth-order valence-electron chi connectivity index (χ4n) is 1.75. The van der Waals surface area contributed by atoms with E-state index >= 15 is 0 Å². The van der Waals surface area contributed by atoms with Gasteiger partial charge in [-0.3, -0.25) is 4.68 Å². The van der Waals surface area contributed by atoms with E-state index < -0.39 is 0 Å². The molecule has 0 saturated carbocycles. The van der Waals surface area contributed by atoms with Crippen LogP contribution in [0.25, 0.3) is 0 Å². The second kappa shape index (κ2) is 5.93. The lowest BCUT2D eigenvalue weighted by Gasteiger charge is -2.04. The fourth-order valence-corrected chi connectivity index (χ4v) is 2.11. The van der Waals surface area contributed by atoms with Crippen LogP contribution in [0.1, 0.15) is 24.0 Å². The average Bonchev–Trinajstić information content (AvgIpc) is 2.67. The van der Waals surface area contributed by atoms with E-state index in [9.17, 15) is 0 Å². The average molecular weight is 266 g/mol. The molecule has 0 radical (unpaired) electrons. The second-order valence-corrected chi connectivity index (χ2v) is 4.38. The minimum Gasteiger partial charge on any atom is -0.305 e. The standard InChI is InChI=1S/C12H16ClN5/c1-3-10-12(13)11(18(2)17-10)8-14-7-9-5-4-6-15-16-9/h4-6,14H,3,7-8H2,1-2H3. The molecule has 0 aliphatic carbocycles. The molecule has 2 rings (SSSR count). The molecule has 0 aliphatic heterocycles. The normalized spacial score (nSPS) is 10.8. The molecule has 1 N–H and O–H groups in total. The number of rotatable bonds is 5. The van der Waals surface area contributed by atoms with Gasteiger partial charge < -0.3 is 5.32 Å². The Morgan fingerprint density at radius 3 is 2.83 bits per heavy atom. The zero-order valence-electron chi connectivity index (χ0n) is 10.5. The monoisotopic (exact) mass is 265 g/mol. The minimum atomic E-state index is 0.663. The first kappa shape index (κ1) is 13.0. The number of hydrogen-bond acceptors (Lipinski definition) is 4. The maximum atomic E-state index is 6.26. The van der Waals surface area contributed by atoms with E-state index in [-0.39, 0.29) is 0 Å². The number of hydrogen-bond donors (Lipinski definition) is 1. The van der Waals surface area contributed by atoms with Gasteiger partial charge in [0.15, 0.2) is 0 Å². The van der Waals surface area contributed by atoms with Crippen LogP contribution in [0, 0.1) is 0 Å². The van der Waals surface area contributed by atoms with Gasteiger partial charge in [-0.2, -0.15) is 15.3 Å². The quantitative estimate of drug-likeness (QED) is 0.894. The van der Waals surface area contributed by atoms with Gasteiger partial charge in [0, 0.05) is 26.3 Å². The Morgan fingerprint density at radius 1 is 1.39 bits per heavy atom. The minimum absolute atomic E-state index is 0.663. The van der Waals surface area contributed by atoms with E-state index in [0.717, 1.165) is 28.5 Å². The maximum absolute atomic E-state index is 6.26. The van der Waals surface area contributed by atoms with Crippen LogP contribution in [0.15, 0.2) is 18.3 Å². The highest BCUT2D eigenvalue weighted by atomic mass is 35.5. The molecule has 0 amide bonds. The van der Waals surface area contributed by atoms with Gasteiger partial charge in [0.25, 0.3) is 0 Å². The molecule has 0 unspecified atom stereocenters. The van der Waals surface area contributed by atoms with E-state index in [2.05, 4.69) is 20.6 Å². The van der Waals surface area contributed by atoms with Crippen molar-refractivity contribution >= 4 is 11.6 Å². The number of aryl methyl sites for hydroxylation is 2. The molecule has 6 heteroatoms. The van der Waals surface area contributed by atoms with Crippen molar-refractivity contribution in [3.05, 3.63) is 40.4 Å². The number of nitrogens with one attached hydrogen (secondary N) is 1. The third-order valence-electron chi connectivity index (χ3n) is 2.73. The highest BCUT2D eigenvalue weighted by molar-refractivity contribution is 6.31. The summed E-state index contributed by atoms with van der Waals surface area (Å²) < 4.78 is 1.82. The second-order valence-electron chi connectivity index (χ2n) is 4.00. The van der Waals surface area contributed by atoms with Gasteiger partial charge in [-0.1, -0.05) is 18.5 Å². The van der Waals surface area contributed by atoms with Crippen LogP contribution >= 0.6 is 11.6 Å². The van der Waals surface area contributed by atoms with Crippen LogP contribution in [0.3, 0.4) is 0 Å². The van der Waals surface area contributed by atoms with Crippen LogP contribution in [-0.2, 0) is 26.6 Å². The van der Waals surface area contributed by atoms with Gasteiger partial charge in [0.2, 0.25) is 0 Å². The van der Waals surface area contributed by atoms with Crippen molar-refractivity contribution in [1.29, 1.82) is 0 Å². The van der Waals surface area contributed by atoms with Crippen LogP contribution < -0.4 is 5.32 Å². The van der Waals surface area contributed by atoms with Crippen molar-refractivity contribution in [3.63, 3.8) is 0 Å². The molecule has 2 heterocycles. The van der Waals surface area contributed by atoms with Gasteiger partial charge in [0.05, 0.1) is 22.1 Å². The number of halogens is 1. The SMILES string of the molecule is CCc1nn(C)c(CNCc2cccnn2)c1Cl. The summed E-state index contributed by atoms with van der Waals surface area (Å²) in [5, 5.41) is 16.3. The topological polar surface area (TPSA) is 55.6 Å². The Bertz CT molecular complexity index is 509. The zero-order valence-corrected chi connectivity index (χ0v) is 11.3. The molecule has 5 nitrogen and oxygen atoms in total. The van der Waals surface area contributed by atoms with Gasteiger partial charge in [-0.25, -0.2) is 0 Å². The molecule has 0 saturated heterocycles. The van der Waals surface area contributed by atoms with E-state index in [4.69, 9.17) is 11.6 Å². The highest BCUT2D eigenvalue weighted by Crippen LogP contribution is 2.20. The Balaban J connectivity index is 1.96. The van der Waals surface area contributed by atoms with Crippen molar-refractivity contribution < 1.29 is 0 Å². The molecule has 96 valence electrons. The van der Waals surface area contributed by atoms with Crippen LogP contribution in [-0.4, -0.2) is 20.0 Å². The van der Waals surface area contributed by atoms with E-state index in [1.165, 1.54) is 0 Å². The Labute approximate surface area is 111 Å². The highest BCUT2D eigenvalue weighted by Gasteiger charge is 2.12. The molecular weight excluding hydrogens is 250 g/mol. The number of nitrogens with zero attached hydrogens (tertiary/aromatic N) is 4. The van der Waals surface area contributed by atoms with Crippen molar-refractivity contribution in [1.82, 2.24) is 25.3 Å². The van der Waals surface area contributed by atoms with Crippen molar-refractivity contribution in [2.24, 2.45) is 7.05 Å². The van der Waals surface area contributed by atoms with Crippen LogP contribution in [0.5, 0.6) is 0 Å². The molecule has 0 fully saturated rings. The van der Waals surface area contributed by atoms with Gasteiger partial charge in [-0.15, -0.1) is 0 Å². The summed E-state index contributed by atoms with van der Waals surface area (Å²) in [7, 11) is 1.91. The summed E-state index contributed by atoms with van der Waals surface area (Å²) in [6.45, 7) is 3.38. The van der Waals surface area contributed by atoms with E-state index in [1.54, 1.807) is 6.20 Å². The Morgan fingerprint density at radius 2 is 2.22 bits per heavy atom. The lowest BCUT2D eigenvalue weighted by atomic mass is 10.3. The molecular formula is C12H16ClN5. The first-order chi connectivity index (χ1) is 8.72. The molecule has 0 bridgehead atoms. The Kier molecular flexibility index (Phi) is 4.28. The maximum Gasteiger partial charge on any atom is 0.0863 e. The number of aromatic nitrogens is 4. The largest absolute Gasteiger partial charge is 0.305 e. The summed E-state index contributed by atoms with van der Waals surface area (Å²) in [5.41, 5.74) is 2.85. The summed E-state index contributed by atoms with van der Waals surface area (Å²) in [6.07, 6.45) is 2.51. The first-order valence-corrected chi connectivity index (χ1v) is 6.27. The smallest absolute Gasteiger partial charge is 0.0863 e. The van der Waals surface area contributed by atoms with E-state index in [1.807, 2.05) is 30.8 Å². The predicted molar refractivity (Wildman–Crippen MR) is 70.2 cm³/mol. The summed E-state index contributed by atoms with van der Waals surface area (Å²) in [6, 6.07) is 3.80. The molecule has 18 heavy (non-hydrogen) atoms. The van der Waals surface area contributed by atoms with Crippen LogP contribution in [0.4, 0.5) is 0 Å². The molecule has 0 spiro atoms. The van der Waals surface area contributed by atoms with Crippen molar-refractivity contribution in [3.8, 4) is 0 Å². The van der Waals surface area contributed by atoms with Gasteiger partial charge >= 0.3 is 0 Å². The third-order valence-corrected chi connectivity index (χ3v) is 3.17. The predicted octanol–water partition coefficient (Wildman–Crippen LogP) is 1.72. The summed E-state index contributed by atoms with van der Waals surface area (Å²) >= 11 is 6.26. The fraction of sp³-hybridized carbons (Fsp3) is 0.417. The first-order valence-electron chi connectivity index (χ1n) is 5.90. The third kappa shape index (κ3) is 2.86. The van der Waals surface area contributed by atoms with Gasteiger partial charge in [-0.05, 0) is 18.6 Å². The van der Waals surface area contributed by atoms with Gasteiger partial charge in [0.1, 0.15) is 0 Å². The summed E-state index contributed by atoms with van der Waals surface area (Å²) in [5.74, 6) is 0. The lowest BCUT2D eigenvalue weighted by molar-refractivity contribution is 0.614. The Hall–Kier alpha value is -1.46. The molecule has 2 aromatic rings. The van der Waals surface area contributed by atoms with E-state index in [0.29, 0.717) is 13.1 Å². The van der Waals surface area contributed by atoms with Crippen molar-refractivity contribution in [2.75, 3.05) is 0 Å². The molecule has 2 aromatic heterocycles. The zero-order chi connectivity index (χ0) is 13.0. The van der Waals surface area contributed by atoms with Crippen LogP contribution in [0.2, 0.25) is 5.02 Å². The van der Waals surface area contributed by atoms with Crippen molar-refractivity contribution in [2.45, 2.75) is 26.4 Å². The molecule has 0 atom stereocenters. The lowest BCUT2D eigenvalue weighted by Crippen LogP contribution is -2.16. The summed E-state index contributed by atoms with van der Waals surface area (Å²) in [4.78, 5) is 0. The molecule has 0 aliphatic rings. The molecule has 0 aromatic carbocycles.